The van der Waals surface area contributed by atoms with Crippen LogP contribution in [0.2, 0.25) is 0 Å². The van der Waals surface area contributed by atoms with Crippen molar-refractivity contribution in [2.75, 3.05) is 0 Å². The molecule has 0 saturated carbocycles. The van der Waals surface area contributed by atoms with Crippen molar-refractivity contribution in [2.45, 2.75) is 39.2 Å². The molecule has 29 heavy (non-hydrogen) atoms. The van der Waals surface area contributed by atoms with Crippen LogP contribution in [-0.4, -0.2) is 24.5 Å². The van der Waals surface area contributed by atoms with Crippen LogP contribution in [0.25, 0.3) is 22.5 Å². The van der Waals surface area contributed by atoms with E-state index in [2.05, 4.69) is 44.6 Å². The molecule has 0 bridgehead atoms. The van der Waals surface area contributed by atoms with Crippen molar-refractivity contribution in [1.82, 2.24) is 24.5 Å². The summed E-state index contributed by atoms with van der Waals surface area (Å²) in [4.78, 5) is 18.2. The van der Waals surface area contributed by atoms with Crippen LogP contribution in [0.15, 0.2) is 73.4 Å². The van der Waals surface area contributed by atoms with E-state index in [4.69, 9.17) is 4.98 Å². The second-order valence-corrected chi connectivity index (χ2v) is 7.02. The molecule has 5 heteroatoms. The Morgan fingerprint density at radius 3 is 2.31 bits per heavy atom. The molecule has 3 heterocycles. The van der Waals surface area contributed by atoms with Gasteiger partial charge in [0.05, 0.1) is 17.7 Å². The molecule has 0 radical (unpaired) electrons. The van der Waals surface area contributed by atoms with Gasteiger partial charge >= 0.3 is 0 Å². The third kappa shape index (κ3) is 4.57. The molecule has 4 rings (SSSR count). The fourth-order valence-corrected chi connectivity index (χ4v) is 3.46. The van der Waals surface area contributed by atoms with E-state index >= 15 is 0 Å². The minimum absolute atomic E-state index is 0.832. The van der Waals surface area contributed by atoms with Crippen molar-refractivity contribution in [3.63, 3.8) is 0 Å². The molecule has 5 nitrogen and oxygen atoms in total. The van der Waals surface area contributed by atoms with Crippen molar-refractivity contribution in [2.24, 2.45) is 0 Å². The zero-order chi connectivity index (χ0) is 19.9. The topological polar surface area (TPSA) is 56.5 Å². The molecule has 0 aliphatic rings. The minimum atomic E-state index is 0.832. The summed E-state index contributed by atoms with van der Waals surface area (Å²) < 4.78 is 2.23. The first-order valence-electron chi connectivity index (χ1n) is 10.2. The highest BCUT2D eigenvalue weighted by atomic mass is 15.1. The van der Waals surface area contributed by atoms with Gasteiger partial charge in [-0.05, 0) is 31.4 Å². The SMILES string of the molecule is CCc1ncc(-c2c(-c3ccccc3)ncn2CCCCc2ccccn2)cn1. The van der Waals surface area contributed by atoms with E-state index in [1.807, 2.05) is 55.2 Å². The summed E-state index contributed by atoms with van der Waals surface area (Å²) in [5.74, 6) is 0.858. The number of benzene rings is 1. The van der Waals surface area contributed by atoms with Crippen LogP contribution >= 0.6 is 0 Å². The van der Waals surface area contributed by atoms with Gasteiger partial charge in [-0.1, -0.05) is 43.3 Å². The van der Waals surface area contributed by atoms with Gasteiger partial charge in [-0.15, -0.1) is 0 Å². The number of hydrogen-bond donors (Lipinski definition) is 0. The molecule has 0 N–H and O–H groups in total. The van der Waals surface area contributed by atoms with Crippen LogP contribution in [0.5, 0.6) is 0 Å². The molecule has 0 aliphatic heterocycles. The highest BCUT2D eigenvalue weighted by molar-refractivity contribution is 5.77. The van der Waals surface area contributed by atoms with Crippen molar-refractivity contribution in [3.8, 4) is 22.5 Å². The minimum Gasteiger partial charge on any atom is -0.330 e. The maximum Gasteiger partial charge on any atom is 0.127 e. The zero-order valence-electron chi connectivity index (χ0n) is 16.7. The molecule has 0 spiro atoms. The quantitative estimate of drug-likeness (QED) is 0.402. The number of aromatic nitrogens is 5. The van der Waals surface area contributed by atoms with Crippen LogP contribution < -0.4 is 0 Å². The summed E-state index contributed by atoms with van der Waals surface area (Å²) in [6.07, 6.45) is 11.6. The van der Waals surface area contributed by atoms with Gasteiger partial charge in [-0.2, -0.15) is 0 Å². The number of aryl methyl sites for hydroxylation is 3. The van der Waals surface area contributed by atoms with Gasteiger partial charge in [-0.25, -0.2) is 15.0 Å². The maximum absolute atomic E-state index is 4.74. The Hall–Kier alpha value is -3.34. The van der Waals surface area contributed by atoms with Crippen LogP contribution in [-0.2, 0) is 19.4 Å². The highest BCUT2D eigenvalue weighted by Crippen LogP contribution is 2.30. The van der Waals surface area contributed by atoms with Crippen molar-refractivity contribution in [1.29, 1.82) is 0 Å². The summed E-state index contributed by atoms with van der Waals surface area (Å²) in [6.45, 7) is 2.97. The van der Waals surface area contributed by atoms with E-state index in [0.717, 1.165) is 66.3 Å². The van der Waals surface area contributed by atoms with Gasteiger partial charge in [0.15, 0.2) is 0 Å². The largest absolute Gasteiger partial charge is 0.330 e. The predicted molar refractivity (Wildman–Crippen MR) is 115 cm³/mol. The molecule has 0 saturated heterocycles. The normalized spacial score (nSPS) is 10.9. The Morgan fingerprint density at radius 1 is 0.793 bits per heavy atom. The summed E-state index contributed by atoms with van der Waals surface area (Å²) in [7, 11) is 0. The fourth-order valence-electron chi connectivity index (χ4n) is 3.46. The van der Waals surface area contributed by atoms with Crippen molar-refractivity contribution < 1.29 is 0 Å². The Labute approximate surface area is 171 Å². The average Bonchev–Trinajstić information content (AvgIpc) is 3.22. The molecule has 0 unspecified atom stereocenters. The van der Waals surface area contributed by atoms with Crippen LogP contribution in [0, 0.1) is 0 Å². The van der Waals surface area contributed by atoms with Gasteiger partial charge in [0.2, 0.25) is 0 Å². The van der Waals surface area contributed by atoms with E-state index < -0.39 is 0 Å². The Bertz CT molecular complexity index is 1020. The summed E-state index contributed by atoms with van der Waals surface area (Å²) in [5, 5.41) is 0. The molecule has 0 atom stereocenters. The van der Waals surface area contributed by atoms with Crippen LogP contribution in [0.4, 0.5) is 0 Å². The molecular weight excluding hydrogens is 358 g/mol. The van der Waals surface area contributed by atoms with E-state index in [-0.39, 0.29) is 0 Å². The third-order valence-electron chi connectivity index (χ3n) is 4.99. The summed E-state index contributed by atoms with van der Waals surface area (Å²) in [5.41, 5.74) is 5.31. The zero-order valence-corrected chi connectivity index (χ0v) is 16.7. The van der Waals surface area contributed by atoms with Gasteiger partial charge in [0.1, 0.15) is 5.82 Å². The standard InChI is InChI=1S/C24H25N5/c1-2-22-26-16-20(17-27-22)24-23(19-10-4-3-5-11-19)28-18-29(24)15-9-7-13-21-12-6-8-14-25-21/h3-6,8,10-12,14,16-18H,2,7,9,13,15H2,1H3. The van der Waals surface area contributed by atoms with E-state index in [1.165, 1.54) is 0 Å². The Balaban J connectivity index is 1.57. The molecule has 4 aromatic rings. The highest BCUT2D eigenvalue weighted by Gasteiger charge is 2.15. The van der Waals surface area contributed by atoms with E-state index in [1.54, 1.807) is 0 Å². The van der Waals surface area contributed by atoms with Crippen molar-refractivity contribution >= 4 is 0 Å². The maximum atomic E-state index is 4.74. The molecule has 0 fully saturated rings. The van der Waals surface area contributed by atoms with Gasteiger partial charge in [0, 0.05) is 48.4 Å². The van der Waals surface area contributed by atoms with E-state index in [9.17, 15) is 0 Å². The first kappa shape index (κ1) is 19.0. The molecule has 1 aromatic carbocycles. The van der Waals surface area contributed by atoms with Crippen LogP contribution in [0.1, 0.15) is 31.3 Å². The number of nitrogens with zero attached hydrogens (tertiary/aromatic N) is 5. The predicted octanol–water partition coefficient (Wildman–Crippen LogP) is 4.99. The Morgan fingerprint density at radius 2 is 1.59 bits per heavy atom. The summed E-state index contributed by atoms with van der Waals surface area (Å²) >= 11 is 0. The molecular formula is C24H25N5. The number of rotatable bonds is 8. The number of unbranched alkanes of at least 4 members (excludes halogenated alkanes) is 1. The lowest BCUT2D eigenvalue weighted by Crippen LogP contribution is -2.02. The molecule has 146 valence electrons. The van der Waals surface area contributed by atoms with Crippen LogP contribution in [0.3, 0.4) is 0 Å². The van der Waals surface area contributed by atoms with Gasteiger partial charge < -0.3 is 4.57 Å². The average molecular weight is 383 g/mol. The van der Waals surface area contributed by atoms with Crippen molar-refractivity contribution in [3.05, 3.63) is 85.0 Å². The first-order chi connectivity index (χ1) is 14.3. The number of hydrogen-bond acceptors (Lipinski definition) is 4. The molecule has 0 amide bonds. The lowest BCUT2D eigenvalue weighted by Gasteiger charge is -2.11. The second kappa shape index (κ2) is 9.24. The molecule has 0 aliphatic carbocycles. The fraction of sp³-hybridized carbons (Fsp3) is 0.250. The number of pyridine rings is 1. The first-order valence-corrected chi connectivity index (χ1v) is 10.2. The smallest absolute Gasteiger partial charge is 0.127 e. The molecule has 3 aromatic heterocycles. The van der Waals surface area contributed by atoms with Gasteiger partial charge in [-0.3, -0.25) is 4.98 Å². The monoisotopic (exact) mass is 383 g/mol. The van der Waals surface area contributed by atoms with E-state index in [0.29, 0.717) is 0 Å². The Kier molecular flexibility index (Phi) is 6.05. The second-order valence-electron chi connectivity index (χ2n) is 7.02. The summed E-state index contributed by atoms with van der Waals surface area (Å²) in [6, 6.07) is 16.4. The lowest BCUT2D eigenvalue weighted by molar-refractivity contribution is 0.609. The number of imidazole rings is 1. The van der Waals surface area contributed by atoms with Gasteiger partial charge in [0.25, 0.3) is 0 Å². The third-order valence-corrected chi connectivity index (χ3v) is 4.99. The lowest BCUT2D eigenvalue weighted by atomic mass is 10.1.